The van der Waals surface area contributed by atoms with Crippen LogP contribution in [0.5, 0.6) is 5.75 Å². The summed E-state index contributed by atoms with van der Waals surface area (Å²) in [6.07, 6.45) is 0. The number of oxime groups is 1. The largest absolute Gasteiger partial charge is 0.494 e. The van der Waals surface area contributed by atoms with Gasteiger partial charge in [-0.15, -0.1) is 0 Å². The van der Waals surface area contributed by atoms with Gasteiger partial charge < -0.3 is 30.0 Å². The van der Waals surface area contributed by atoms with Crippen molar-refractivity contribution >= 4 is 23.7 Å². The molecule has 3 aliphatic heterocycles. The number of fused-ring (bicyclic) bond motifs is 1. The van der Waals surface area contributed by atoms with Crippen LogP contribution in [-0.4, -0.2) is 95.5 Å². The molecule has 4 amide bonds. The van der Waals surface area contributed by atoms with Gasteiger partial charge in [0.25, 0.3) is 11.8 Å². The molecule has 3 N–H and O–H groups in total. The fourth-order valence-electron chi connectivity index (χ4n) is 5.30. The second-order valence-electron chi connectivity index (χ2n) is 10.1. The summed E-state index contributed by atoms with van der Waals surface area (Å²) in [6, 6.07) is 6.29. The number of nitrogens with zero attached hydrogens (tertiary/aromatic N) is 4. The van der Waals surface area contributed by atoms with Gasteiger partial charge in [-0.3, -0.25) is 14.9 Å². The highest BCUT2D eigenvalue weighted by Gasteiger charge is 2.53. The lowest BCUT2D eigenvalue weighted by Crippen LogP contribution is -2.55. The molecule has 0 aliphatic carbocycles. The van der Waals surface area contributed by atoms with Gasteiger partial charge in [-0.2, -0.15) is 0 Å². The Morgan fingerprint density at radius 3 is 2.66 bits per heavy atom. The Morgan fingerprint density at radius 2 is 2.02 bits per heavy atom. The van der Waals surface area contributed by atoms with E-state index in [2.05, 4.69) is 27.6 Å². The maximum atomic E-state index is 15.3. The van der Waals surface area contributed by atoms with Gasteiger partial charge in [0, 0.05) is 44.8 Å². The van der Waals surface area contributed by atoms with Gasteiger partial charge in [-0.05, 0) is 36.8 Å². The first kappa shape index (κ1) is 27.9. The van der Waals surface area contributed by atoms with E-state index in [1.165, 1.54) is 37.3 Å². The van der Waals surface area contributed by atoms with Crippen molar-refractivity contribution in [2.45, 2.75) is 25.0 Å². The molecule has 2 aromatic rings. The average Bonchev–Trinajstić information content (AvgIpc) is 3.38. The molecular weight excluding hydrogens is 538 g/mol. The summed E-state index contributed by atoms with van der Waals surface area (Å²) in [7, 11) is 2.64. The molecule has 3 aliphatic rings. The summed E-state index contributed by atoms with van der Waals surface area (Å²) >= 11 is 0. The molecular formula is C28H28F2N6O5. The molecule has 41 heavy (non-hydrogen) atoms. The number of amidine groups is 1. The smallest absolute Gasteiger partial charge is 0.325 e. The number of nitrogens with one attached hydrogen (secondary N) is 2. The third-order valence-corrected chi connectivity index (χ3v) is 7.66. The molecule has 2 saturated heterocycles. The van der Waals surface area contributed by atoms with Gasteiger partial charge in [0.05, 0.1) is 24.8 Å². The number of urea groups is 1. The minimum atomic E-state index is -1.82. The highest BCUT2D eigenvalue weighted by atomic mass is 19.1. The van der Waals surface area contributed by atoms with Crippen LogP contribution < -0.4 is 15.4 Å². The number of ether oxygens (including phenoxy) is 1. The number of carbonyl (C=O) groups is 3. The number of rotatable bonds is 4. The lowest BCUT2D eigenvalue weighted by atomic mass is 9.97. The van der Waals surface area contributed by atoms with E-state index >= 15 is 4.39 Å². The number of halogens is 2. The number of piperazine rings is 1. The van der Waals surface area contributed by atoms with Crippen molar-refractivity contribution in [2.75, 3.05) is 40.3 Å². The Bertz CT molecular complexity index is 1540. The van der Waals surface area contributed by atoms with Gasteiger partial charge in [0.15, 0.2) is 17.4 Å². The summed E-state index contributed by atoms with van der Waals surface area (Å²) in [6.45, 7) is 3.38. The van der Waals surface area contributed by atoms with Gasteiger partial charge >= 0.3 is 6.03 Å². The van der Waals surface area contributed by atoms with E-state index in [1.54, 1.807) is 11.0 Å². The van der Waals surface area contributed by atoms with Crippen LogP contribution in [0.25, 0.3) is 0 Å². The second-order valence-corrected chi connectivity index (χ2v) is 10.1. The van der Waals surface area contributed by atoms with E-state index in [0.29, 0.717) is 25.2 Å². The van der Waals surface area contributed by atoms with Gasteiger partial charge in [0.2, 0.25) is 5.54 Å². The lowest BCUT2D eigenvalue weighted by Gasteiger charge is -2.35. The Morgan fingerprint density at radius 1 is 1.24 bits per heavy atom. The van der Waals surface area contributed by atoms with Crippen molar-refractivity contribution in [1.82, 2.24) is 25.3 Å². The predicted octanol–water partition coefficient (Wildman–Crippen LogP) is 1.33. The fraction of sp³-hybridized carbons (Fsp3) is 0.357. The van der Waals surface area contributed by atoms with Crippen LogP contribution in [0.1, 0.15) is 34.0 Å². The Kier molecular flexibility index (Phi) is 7.27. The van der Waals surface area contributed by atoms with E-state index in [9.17, 15) is 24.0 Å². The van der Waals surface area contributed by atoms with Crippen LogP contribution >= 0.6 is 0 Å². The fourth-order valence-corrected chi connectivity index (χ4v) is 5.30. The second kappa shape index (κ2) is 10.7. The normalized spacial score (nSPS) is 22.5. The molecule has 11 nitrogen and oxygen atoms in total. The van der Waals surface area contributed by atoms with Gasteiger partial charge in [0.1, 0.15) is 5.82 Å². The summed E-state index contributed by atoms with van der Waals surface area (Å²) in [4.78, 5) is 42.8. The summed E-state index contributed by atoms with van der Waals surface area (Å²) in [5, 5.41) is 18.4. The van der Waals surface area contributed by atoms with Crippen molar-refractivity contribution in [3.05, 3.63) is 64.2 Å². The topological polar surface area (TPSA) is 127 Å². The lowest BCUT2D eigenvalue weighted by molar-refractivity contribution is -0.124. The van der Waals surface area contributed by atoms with Crippen molar-refractivity contribution in [3.63, 3.8) is 0 Å². The number of methoxy groups -OCH3 is 1. The van der Waals surface area contributed by atoms with Crippen LogP contribution in [0.2, 0.25) is 0 Å². The van der Waals surface area contributed by atoms with Crippen molar-refractivity contribution in [3.8, 4) is 17.6 Å². The van der Waals surface area contributed by atoms with Crippen LogP contribution in [0.3, 0.4) is 0 Å². The van der Waals surface area contributed by atoms with Crippen LogP contribution in [0.15, 0.2) is 35.5 Å². The Labute approximate surface area is 234 Å². The number of hydrogen-bond donors (Lipinski definition) is 3. The Balaban J connectivity index is 1.46. The minimum absolute atomic E-state index is 0.00907. The number of hydrogen-bond acceptors (Lipinski definition) is 7. The van der Waals surface area contributed by atoms with Crippen LogP contribution in [0.4, 0.5) is 13.6 Å². The van der Waals surface area contributed by atoms with Crippen molar-refractivity contribution in [1.29, 1.82) is 0 Å². The molecule has 0 saturated carbocycles. The standard InChI is InChI=1S/C28H28F2N6O5/c1-16-13-31-10-11-36(16)24(33-40)19-6-4-17(12-20(19)29)8-9-28(26(38)32-27(39)34(28)2)15-35-14-18-5-7-21(41-3)23(30)22(18)25(35)37/h4-7,12,16,31,40H,10-11,13-15H2,1-3H3,(H,32,38,39). The summed E-state index contributed by atoms with van der Waals surface area (Å²) in [5.74, 6) is 2.59. The van der Waals surface area contributed by atoms with E-state index in [4.69, 9.17) is 4.74 Å². The Hall–Kier alpha value is -4.70. The number of carbonyl (C=O) groups excluding carboxylic acids is 3. The molecule has 2 atom stereocenters. The maximum Gasteiger partial charge on any atom is 0.325 e. The maximum absolute atomic E-state index is 15.3. The monoisotopic (exact) mass is 566 g/mol. The van der Waals surface area contributed by atoms with E-state index < -0.39 is 35.0 Å². The third kappa shape index (κ3) is 4.70. The van der Waals surface area contributed by atoms with Crippen molar-refractivity contribution in [2.24, 2.45) is 5.16 Å². The molecule has 2 unspecified atom stereocenters. The molecule has 214 valence electrons. The highest BCUT2D eigenvalue weighted by Crippen LogP contribution is 2.33. The molecule has 0 bridgehead atoms. The van der Waals surface area contributed by atoms with Gasteiger partial charge in [-0.25, -0.2) is 13.6 Å². The van der Waals surface area contributed by atoms with Gasteiger partial charge in [-0.1, -0.05) is 23.1 Å². The minimum Gasteiger partial charge on any atom is -0.494 e. The first-order valence-electron chi connectivity index (χ1n) is 12.9. The molecule has 2 fully saturated rings. The number of benzene rings is 2. The molecule has 5 rings (SSSR count). The van der Waals surface area contributed by atoms with E-state index in [0.717, 1.165) is 11.0 Å². The van der Waals surface area contributed by atoms with Crippen LogP contribution in [0, 0.1) is 23.5 Å². The zero-order valence-electron chi connectivity index (χ0n) is 22.6. The number of imide groups is 1. The van der Waals surface area contributed by atoms with E-state index in [1.807, 2.05) is 6.92 Å². The predicted molar refractivity (Wildman–Crippen MR) is 142 cm³/mol. The van der Waals surface area contributed by atoms with E-state index in [-0.39, 0.29) is 47.4 Å². The highest BCUT2D eigenvalue weighted by molar-refractivity contribution is 6.10. The summed E-state index contributed by atoms with van der Waals surface area (Å²) < 4.78 is 35.1. The zero-order chi connectivity index (χ0) is 29.5. The zero-order valence-corrected chi connectivity index (χ0v) is 22.6. The molecule has 13 heteroatoms. The van der Waals surface area contributed by atoms with Crippen LogP contribution in [-0.2, 0) is 11.3 Å². The molecule has 0 aromatic heterocycles. The third-order valence-electron chi connectivity index (χ3n) is 7.66. The average molecular weight is 567 g/mol. The summed E-state index contributed by atoms with van der Waals surface area (Å²) in [5.41, 5.74) is -1.33. The quantitative estimate of drug-likeness (QED) is 0.127. The first-order chi connectivity index (χ1) is 19.6. The number of likely N-dealkylation sites (N-methyl/N-ethyl adjacent to an activating group) is 1. The SMILES string of the molecule is COc1ccc2c(c1F)C(=O)N(CC1(C#Cc3ccc(C(=NO)N4CCNCC4C)c(F)c3)C(=O)NC(=O)N1C)C2. The van der Waals surface area contributed by atoms with Crippen molar-refractivity contribution < 1.29 is 33.1 Å². The molecule has 0 spiro atoms. The first-order valence-corrected chi connectivity index (χ1v) is 12.9. The molecule has 2 aromatic carbocycles. The molecule has 3 heterocycles. The number of amides is 4. The molecule has 0 radical (unpaired) electrons.